The number of anilines is 1. The number of nitrogens with two attached hydrogens (primary N) is 1. The summed E-state index contributed by atoms with van der Waals surface area (Å²) in [5.41, 5.74) is 5.64. The molecule has 0 bridgehead atoms. The molecule has 1 aromatic rings. The van der Waals surface area contributed by atoms with Crippen molar-refractivity contribution in [2.45, 2.75) is 19.4 Å². The van der Waals surface area contributed by atoms with Crippen LogP contribution in [0.15, 0.2) is 11.1 Å². The predicted octanol–water partition coefficient (Wildman–Crippen LogP) is 0.597. The summed E-state index contributed by atoms with van der Waals surface area (Å²) in [7, 11) is 0. The molecular weight excluding hydrogens is 228 g/mol. The van der Waals surface area contributed by atoms with E-state index in [1.54, 1.807) is 0 Å². The number of halogens is 1. The first-order valence-corrected chi connectivity index (χ1v) is 5.69. The first-order valence-electron chi connectivity index (χ1n) is 5.31. The minimum Gasteiger partial charge on any atom is -0.353 e. The Morgan fingerprint density at radius 3 is 3.06 bits per heavy atom. The van der Waals surface area contributed by atoms with Gasteiger partial charge in [0.1, 0.15) is 5.02 Å². The van der Waals surface area contributed by atoms with E-state index in [-0.39, 0.29) is 16.6 Å². The molecular formula is C10H15ClN4O. The van der Waals surface area contributed by atoms with E-state index in [2.05, 4.69) is 16.9 Å². The van der Waals surface area contributed by atoms with E-state index in [9.17, 15) is 4.79 Å². The maximum absolute atomic E-state index is 11.4. The summed E-state index contributed by atoms with van der Waals surface area (Å²) in [5, 5.41) is 0.142. The molecule has 2 heterocycles. The topological polar surface area (TPSA) is 75.0 Å². The van der Waals surface area contributed by atoms with Crippen LogP contribution in [-0.2, 0) is 0 Å². The summed E-state index contributed by atoms with van der Waals surface area (Å²) in [6.07, 6.45) is 2.37. The summed E-state index contributed by atoms with van der Waals surface area (Å²) in [5.74, 6) is 1.02. The monoisotopic (exact) mass is 242 g/mol. The molecule has 16 heavy (non-hydrogen) atoms. The third-order valence-electron chi connectivity index (χ3n) is 2.77. The molecule has 88 valence electrons. The summed E-state index contributed by atoms with van der Waals surface area (Å²) < 4.78 is 0. The maximum atomic E-state index is 11.4. The van der Waals surface area contributed by atoms with Gasteiger partial charge in [-0.15, -0.1) is 0 Å². The van der Waals surface area contributed by atoms with Gasteiger partial charge in [0.05, 0.1) is 6.33 Å². The number of piperidine rings is 1. The molecule has 2 rings (SSSR count). The molecule has 2 atom stereocenters. The van der Waals surface area contributed by atoms with Crippen molar-refractivity contribution >= 4 is 17.4 Å². The van der Waals surface area contributed by atoms with E-state index >= 15 is 0 Å². The van der Waals surface area contributed by atoms with E-state index < -0.39 is 0 Å². The van der Waals surface area contributed by atoms with Crippen molar-refractivity contribution in [3.8, 4) is 0 Å². The lowest BCUT2D eigenvalue weighted by molar-refractivity contribution is 0.399. The number of hydrogen-bond acceptors (Lipinski definition) is 4. The highest BCUT2D eigenvalue weighted by Gasteiger charge is 2.25. The van der Waals surface area contributed by atoms with Crippen LogP contribution >= 0.6 is 11.6 Å². The first kappa shape index (κ1) is 11.4. The Hall–Kier alpha value is -1.07. The Labute approximate surface area is 98.6 Å². The minimum atomic E-state index is -0.307. The molecule has 0 spiro atoms. The van der Waals surface area contributed by atoms with Gasteiger partial charge in [-0.1, -0.05) is 18.5 Å². The van der Waals surface area contributed by atoms with Crippen LogP contribution in [0.3, 0.4) is 0 Å². The van der Waals surface area contributed by atoms with E-state index in [0.717, 1.165) is 13.0 Å². The highest BCUT2D eigenvalue weighted by Crippen LogP contribution is 2.24. The zero-order chi connectivity index (χ0) is 11.7. The van der Waals surface area contributed by atoms with Gasteiger partial charge < -0.3 is 15.6 Å². The molecule has 2 unspecified atom stereocenters. The molecule has 1 aromatic heterocycles. The van der Waals surface area contributed by atoms with Gasteiger partial charge in [-0.2, -0.15) is 0 Å². The molecule has 0 amide bonds. The van der Waals surface area contributed by atoms with Crippen molar-refractivity contribution in [2.24, 2.45) is 11.7 Å². The van der Waals surface area contributed by atoms with Crippen LogP contribution < -0.4 is 16.2 Å². The lowest BCUT2D eigenvalue weighted by Crippen LogP contribution is -2.47. The lowest BCUT2D eigenvalue weighted by Gasteiger charge is -2.35. The lowest BCUT2D eigenvalue weighted by atomic mass is 9.97. The SMILES string of the molecule is CC1CC(N)CN(c2nc[nH]c(=O)c2Cl)C1. The smallest absolute Gasteiger partial charge is 0.271 e. The number of nitrogens with zero attached hydrogens (tertiary/aromatic N) is 2. The van der Waals surface area contributed by atoms with Crippen LogP contribution in [-0.4, -0.2) is 29.1 Å². The van der Waals surface area contributed by atoms with Gasteiger partial charge in [0, 0.05) is 19.1 Å². The Morgan fingerprint density at radius 2 is 2.38 bits per heavy atom. The van der Waals surface area contributed by atoms with Crippen molar-refractivity contribution in [2.75, 3.05) is 18.0 Å². The molecule has 0 saturated carbocycles. The third-order valence-corrected chi connectivity index (χ3v) is 3.11. The zero-order valence-corrected chi connectivity index (χ0v) is 9.87. The minimum absolute atomic E-state index is 0.112. The summed E-state index contributed by atoms with van der Waals surface area (Å²) >= 11 is 5.93. The van der Waals surface area contributed by atoms with Gasteiger partial charge >= 0.3 is 0 Å². The molecule has 6 heteroatoms. The first-order chi connectivity index (χ1) is 7.58. The fourth-order valence-electron chi connectivity index (χ4n) is 2.17. The quantitative estimate of drug-likeness (QED) is 0.756. The highest BCUT2D eigenvalue weighted by atomic mass is 35.5. The van der Waals surface area contributed by atoms with E-state index in [1.165, 1.54) is 6.33 Å². The van der Waals surface area contributed by atoms with Gasteiger partial charge in [-0.25, -0.2) is 4.98 Å². The van der Waals surface area contributed by atoms with E-state index in [0.29, 0.717) is 18.3 Å². The largest absolute Gasteiger partial charge is 0.353 e. The summed E-state index contributed by atoms with van der Waals surface area (Å²) in [4.78, 5) is 19.9. The standard InChI is InChI=1S/C10H15ClN4O/c1-6-2-7(12)4-15(3-6)9-8(11)10(16)14-5-13-9/h5-7H,2-4,12H2,1H3,(H,13,14,16). The fraction of sp³-hybridized carbons (Fsp3) is 0.600. The van der Waals surface area contributed by atoms with Crippen molar-refractivity contribution in [3.05, 3.63) is 21.7 Å². The van der Waals surface area contributed by atoms with Crippen molar-refractivity contribution in [1.82, 2.24) is 9.97 Å². The van der Waals surface area contributed by atoms with Crippen molar-refractivity contribution < 1.29 is 0 Å². The van der Waals surface area contributed by atoms with Crippen LogP contribution in [0, 0.1) is 5.92 Å². The normalized spacial score (nSPS) is 25.8. The number of nitrogens with one attached hydrogen (secondary N) is 1. The number of rotatable bonds is 1. The molecule has 3 N–H and O–H groups in total. The summed E-state index contributed by atoms with van der Waals surface area (Å²) in [6, 6.07) is 0.112. The Balaban J connectivity index is 2.30. The maximum Gasteiger partial charge on any atom is 0.271 e. The van der Waals surface area contributed by atoms with Crippen LogP contribution in [0.1, 0.15) is 13.3 Å². The van der Waals surface area contributed by atoms with E-state index in [1.807, 2.05) is 4.90 Å². The van der Waals surface area contributed by atoms with Crippen LogP contribution in [0.4, 0.5) is 5.82 Å². The molecule has 1 aliphatic rings. The average Bonchev–Trinajstić information content (AvgIpc) is 2.20. The van der Waals surface area contributed by atoms with Crippen LogP contribution in [0.25, 0.3) is 0 Å². The second-order valence-electron chi connectivity index (χ2n) is 4.38. The Kier molecular flexibility index (Phi) is 3.16. The zero-order valence-electron chi connectivity index (χ0n) is 9.11. The third kappa shape index (κ3) is 2.20. The molecule has 1 aliphatic heterocycles. The molecule has 1 saturated heterocycles. The number of aromatic nitrogens is 2. The average molecular weight is 243 g/mol. The highest BCUT2D eigenvalue weighted by molar-refractivity contribution is 6.32. The number of hydrogen-bond donors (Lipinski definition) is 2. The number of H-pyrrole nitrogens is 1. The molecule has 0 aromatic carbocycles. The van der Waals surface area contributed by atoms with Gasteiger partial charge in [0.25, 0.3) is 5.56 Å². The second kappa shape index (κ2) is 4.43. The molecule has 1 fully saturated rings. The van der Waals surface area contributed by atoms with Crippen LogP contribution in [0.2, 0.25) is 5.02 Å². The van der Waals surface area contributed by atoms with Gasteiger partial charge in [-0.05, 0) is 12.3 Å². The van der Waals surface area contributed by atoms with Crippen molar-refractivity contribution in [1.29, 1.82) is 0 Å². The van der Waals surface area contributed by atoms with Crippen molar-refractivity contribution in [3.63, 3.8) is 0 Å². The van der Waals surface area contributed by atoms with Gasteiger partial charge in [0.2, 0.25) is 0 Å². The second-order valence-corrected chi connectivity index (χ2v) is 4.75. The van der Waals surface area contributed by atoms with E-state index in [4.69, 9.17) is 17.3 Å². The van der Waals surface area contributed by atoms with Crippen LogP contribution in [0.5, 0.6) is 0 Å². The summed E-state index contributed by atoms with van der Waals surface area (Å²) in [6.45, 7) is 3.66. The molecule has 5 nitrogen and oxygen atoms in total. The predicted molar refractivity (Wildman–Crippen MR) is 63.8 cm³/mol. The van der Waals surface area contributed by atoms with Gasteiger partial charge in [0.15, 0.2) is 5.82 Å². The molecule has 0 aliphatic carbocycles. The Morgan fingerprint density at radius 1 is 1.62 bits per heavy atom. The fourth-order valence-corrected chi connectivity index (χ4v) is 2.39. The number of aromatic amines is 1. The molecule has 0 radical (unpaired) electrons. The van der Waals surface area contributed by atoms with Gasteiger partial charge in [-0.3, -0.25) is 4.79 Å². The Bertz CT molecular complexity index is 423.